The lowest BCUT2D eigenvalue weighted by atomic mass is 10.0. The molecule has 1 aliphatic rings. The van der Waals surface area contributed by atoms with Crippen molar-refractivity contribution in [2.75, 3.05) is 18.4 Å². The van der Waals surface area contributed by atoms with E-state index in [9.17, 15) is 4.79 Å². The van der Waals surface area contributed by atoms with E-state index in [1.807, 2.05) is 35.2 Å². The fourth-order valence-electron chi connectivity index (χ4n) is 3.92. The van der Waals surface area contributed by atoms with Gasteiger partial charge in [0, 0.05) is 36.4 Å². The van der Waals surface area contributed by atoms with Gasteiger partial charge >= 0.3 is 0 Å². The van der Waals surface area contributed by atoms with E-state index in [-0.39, 0.29) is 11.9 Å². The molecule has 0 radical (unpaired) electrons. The van der Waals surface area contributed by atoms with E-state index in [0.717, 1.165) is 35.8 Å². The molecule has 1 fully saturated rings. The van der Waals surface area contributed by atoms with Crippen molar-refractivity contribution in [3.05, 3.63) is 72.1 Å². The Labute approximate surface area is 166 Å². The maximum atomic E-state index is 13.2. The average Bonchev–Trinajstić information content (AvgIpc) is 2.73. The van der Waals surface area contributed by atoms with Gasteiger partial charge in [-0.05, 0) is 47.9 Å². The molecule has 4 heteroatoms. The van der Waals surface area contributed by atoms with E-state index < -0.39 is 0 Å². The number of anilines is 1. The summed E-state index contributed by atoms with van der Waals surface area (Å²) in [6.45, 7) is 5.90. The van der Waals surface area contributed by atoms with Crippen LogP contribution >= 0.6 is 0 Å². The molecule has 2 heterocycles. The highest BCUT2D eigenvalue weighted by Crippen LogP contribution is 2.23. The van der Waals surface area contributed by atoms with Gasteiger partial charge in [-0.2, -0.15) is 0 Å². The predicted molar refractivity (Wildman–Crippen MR) is 115 cm³/mol. The molecule has 1 atom stereocenters. The van der Waals surface area contributed by atoms with E-state index in [1.165, 1.54) is 5.56 Å². The second-order valence-corrected chi connectivity index (χ2v) is 7.89. The summed E-state index contributed by atoms with van der Waals surface area (Å²) >= 11 is 0. The molecule has 0 aliphatic carbocycles. The van der Waals surface area contributed by atoms with E-state index in [0.29, 0.717) is 18.2 Å². The van der Waals surface area contributed by atoms with Crippen LogP contribution in [-0.4, -0.2) is 34.9 Å². The van der Waals surface area contributed by atoms with Crippen LogP contribution in [0.4, 0.5) is 5.69 Å². The van der Waals surface area contributed by atoms with Gasteiger partial charge in [0.1, 0.15) is 5.69 Å². The van der Waals surface area contributed by atoms with Gasteiger partial charge in [-0.3, -0.25) is 9.78 Å². The number of nitrogens with zero attached hydrogens (tertiary/aromatic N) is 2. The summed E-state index contributed by atoms with van der Waals surface area (Å²) < 4.78 is 0. The maximum Gasteiger partial charge on any atom is 0.273 e. The fourth-order valence-corrected chi connectivity index (χ4v) is 3.92. The van der Waals surface area contributed by atoms with Gasteiger partial charge in [-0.15, -0.1) is 0 Å². The molecule has 1 aromatic heterocycles. The van der Waals surface area contributed by atoms with Gasteiger partial charge in [-0.1, -0.05) is 50.2 Å². The number of fused-ring (bicyclic) bond motifs is 1. The molecule has 1 N–H and O–H groups in total. The van der Waals surface area contributed by atoms with E-state index in [1.54, 1.807) is 6.20 Å². The largest absolute Gasteiger partial charge is 0.381 e. The molecule has 2 aromatic carbocycles. The number of aromatic nitrogens is 1. The van der Waals surface area contributed by atoms with Crippen LogP contribution < -0.4 is 5.32 Å². The Bertz CT molecular complexity index is 960. The maximum absolute atomic E-state index is 13.2. The van der Waals surface area contributed by atoms with Gasteiger partial charge in [0.2, 0.25) is 0 Å². The monoisotopic (exact) mass is 373 g/mol. The molecule has 1 aliphatic heterocycles. The van der Waals surface area contributed by atoms with Gasteiger partial charge in [-0.25, -0.2) is 0 Å². The van der Waals surface area contributed by atoms with Crippen LogP contribution in [0.25, 0.3) is 10.8 Å². The number of hydrogen-bond donors (Lipinski definition) is 1. The zero-order chi connectivity index (χ0) is 19.5. The number of hydrogen-bond acceptors (Lipinski definition) is 3. The van der Waals surface area contributed by atoms with Gasteiger partial charge in [0.15, 0.2) is 0 Å². The SMILES string of the molecule is CC(C)c1ccc(NC2CCCN(C(=O)c3nccc4ccccc34)C2)cc1. The summed E-state index contributed by atoms with van der Waals surface area (Å²) in [7, 11) is 0. The molecule has 28 heavy (non-hydrogen) atoms. The van der Waals surface area contributed by atoms with E-state index in [4.69, 9.17) is 0 Å². The molecule has 0 saturated carbocycles. The minimum absolute atomic E-state index is 0.0263. The highest BCUT2D eigenvalue weighted by molar-refractivity contribution is 6.05. The number of carbonyl (C=O) groups excluding carboxylic acids is 1. The van der Waals surface area contributed by atoms with Crippen molar-refractivity contribution in [3.63, 3.8) is 0 Å². The third-order valence-electron chi connectivity index (χ3n) is 5.53. The first-order chi connectivity index (χ1) is 13.6. The molecule has 1 unspecified atom stereocenters. The van der Waals surface area contributed by atoms with E-state index in [2.05, 4.69) is 48.4 Å². The molecule has 3 aromatic rings. The highest BCUT2D eigenvalue weighted by atomic mass is 16.2. The second-order valence-electron chi connectivity index (χ2n) is 7.89. The molecule has 0 spiro atoms. The molecular weight excluding hydrogens is 346 g/mol. The fraction of sp³-hybridized carbons (Fsp3) is 0.333. The Kier molecular flexibility index (Phi) is 5.29. The van der Waals surface area contributed by atoms with Crippen LogP contribution in [0.15, 0.2) is 60.8 Å². The molecule has 4 nitrogen and oxygen atoms in total. The second kappa shape index (κ2) is 8.01. The summed E-state index contributed by atoms with van der Waals surface area (Å²) in [4.78, 5) is 19.5. The van der Waals surface area contributed by atoms with Crippen molar-refractivity contribution in [3.8, 4) is 0 Å². The standard InChI is InChI=1S/C24H27N3O/c1-17(2)18-9-11-20(12-10-18)26-21-7-5-15-27(16-21)24(28)23-22-8-4-3-6-19(22)13-14-25-23/h3-4,6,8-14,17,21,26H,5,7,15-16H2,1-2H3. The van der Waals surface area contributed by atoms with Gasteiger partial charge in [0.25, 0.3) is 5.91 Å². The van der Waals surface area contributed by atoms with Crippen LogP contribution in [0.5, 0.6) is 0 Å². The lowest BCUT2D eigenvalue weighted by Crippen LogP contribution is -2.45. The number of piperidine rings is 1. The van der Waals surface area contributed by atoms with Crippen molar-refractivity contribution in [1.82, 2.24) is 9.88 Å². The Morgan fingerprint density at radius 3 is 2.68 bits per heavy atom. The Morgan fingerprint density at radius 1 is 1.11 bits per heavy atom. The molecule has 1 amide bonds. The molecular formula is C24H27N3O. The van der Waals surface area contributed by atoms with Crippen molar-refractivity contribution < 1.29 is 4.79 Å². The summed E-state index contributed by atoms with van der Waals surface area (Å²) in [5, 5.41) is 5.59. The number of benzene rings is 2. The molecule has 1 saturated heterocycles. The number of carbonyl (C=O) groups is 1. The number of nitrogens with one attached hydrogen (secondary N) is 1. The third-order valence-corrected chi connectivity index (χ3v) is 5.53. The number of pyridine rings is 1. The van der Waals surface area contributed by atoms with Crippen molar-refractivity contribution >= 4 is 22.4 Å². The number of amides is 1. The van der Waals surface area contributed by atoms with Crippen LogP contribution in [0.2, 0.25) is 0 Å². The zero-order valence-electron chi connectivity index (χ0n) is 16.6. The summed E-state index contributed by atoms with van der Waals surface area (Å²) in [5.74, 6) is 0.559. The van der Waals surface area contributed by atoms with Crippen LogP contribution in [0, 0.1) is 0 Å². The minimum Gasteiger partial charge on any atom is -0.381 e. The number of rotatable bonds is 4. The van der Waals surface area contributed by atoms with Crippen LogP contribution in [0.3, 0.4) is 0 Å². The first kappa shape index (κ1) is 18.5. The lowest BCUT2D eigenvalue weighted by Gasteiger charge is -2.33. The first-order valence-electron chi connectivity index (χ1n) is 10.1. The summed E-state index contributed by atoms with van der Waals surface area (Å²) in [6, 6.07) is 18.8. The molecule has 0 bridgehead atoms. The van der Waals surface area contributed by atoms with Gasteiger partial charge in [0.05, 0.1) is 0 Å². The zero-order valence-corrected chi connectivity index (χ0v) is 16.6. The van der Waals surface area contributed by atoms with E-state index >= 15 is 0 Å². The number of likely N-dealkylation sites (tertiary alicyclic amines) is 1. The Morgan fingerprint density at radius 2 is 1.89 bits per heavy atom. The summed E-state index contributed by atoms with van der Waals surface area (Å²) in [5.41, 5.74) is 3.01. The highest BCUT2D eigenvalue weighted by Gasteiger charge is 2.26. The van der Waals surface area contributed by atoms with Crippen molar-refractivity contribution in [1.29, 1.82) is 0 Å². The average molecular weight is 374 g/mol. The smallest absolute Gasteiger partial charge is 0.273 e. The normalized spacial score (nSPS) is 17.1. The molecule has 144 valence electrons. The Hall–Kier alpha value is -2.88. The minimum atomic E-state index is 0.0263. The molecule has 4 rings (SSSR count). The Balaban J connectivity index is 1.48. The predicted octanol–water partition coefficient (Wildman–Crippen LogP) is 5.07. The van der Waals surface area contributed by atoms with Crippen molar-refractivity contribution in [2.24, 2.45) is 0 Å². The first-order valence-corrected chi connectivity index (χ1v) is 10.1. The van der Waals surface area contributed by atoms with Gasteiger partial charge < -0.3 is 10.2 Å². The van der Waals surface area contributed by atoms with Crippen LogP contribution in [0.1, 0.15) is 48.7 Å². The third kappa shape index (κ3) is 3.86. The topological polar surface area (TPSA) is 45.2 Å². The quantitative estimate of drug-likeness (QED) is 0.694. The van der Waals surface area contributed by atoms with Crippen LogP contribution in [-0.2, 0) is 0 Å². The summed E-state index contributed by atoms with van der Waals surface area (Å²) in [6.07, 6.45) is 3.79. The van der Waals surface area contributed by atoms with Crippen molar-refractivity contribution in [2.45, 2.75) is 38.6 Å². The lowest BCUT2D eigenvalue weighted by molar-refractivity contribution is 0.0711.